The van der Waals surface area contributed by atoms with Gasteiger partial charge >= 0.3 is 0 Å². The van der Waals surface area contributed by atoms with E-state index < -0.39 is 6.10 Å². The molecule has 1 amide bonds. The summed E-state index contributed by atoms with van der Waals surface area (Å²) >= 11 is 0. The zero-order chi connectivity index (χ0) is 18.5. The maximum absolute atomic E-state index is 12.3. The van der Waals surface area contributed by atoms with Crippen molar-refractivity contribution in [2.75, 3.05) is 5.32 Å². The lowest BCUT2D eigenvalue weighted by Crippen LogP contribution is -2.15. The molecule has 3 rings (SSSR count). The molecule has 0 unspecified atom stereocenters. The van der Waals surface area contributed by atoms with Gasteiger partial charge in [-0.15, -0.1) is 5.10 Å². The largest absolute Gasteiger partial charge is 0.386 e. The van der Waals surface area contributed by atoms with E-state index in [0.29, 0.717) is 11.6 Å². The number of nitrogens with zero attached hydrogens (tertiary/aromatic N) is 3. The van der Waals surface area contributed by atoms with E-state index in [0.717, 1.165) is 5.56 Å². The highest BCUT2D eigenvalue weighted by Gasteiger charge is 2.14. The number of hydrogen-bond donors (Lipinski definition) is 2. The number of hydrogen-bond acceptors (Lipinski definition) is 4. The van der Waals surface area contributed by atoms with Crippen LogP contribution in [-0.4, -0.2) is 25.8 Å². The van der Waals surface area contributed by atoms with E-state index in [9.17, 15) is 9.90 Å². The Morgan fingerprint density at radius 2 is 1.77 bits per heavy atom. The standard InChI is InChI=1S/C20H22N4O2/c1-14(2)15-8-10-17(11-9-15)22-20(26)19-21-13-24(23-19)12-18(25)16-6-4-3-5-7-16/h3-11,13-14,18,25H,12H2,1-2H3,(H,22,26)/t18-/m1/s1. The number of carbonyl (C=O) groups excluding carboxylic acids is 1. The lowest BCUT2D eigenvalue weighted by Gasteiger charge is -2.10. The molecule has 0 aliphatic heterocycles. The molecular weight excluding hydrogens is 328 g/mol. The second-order valence-corrected chi connectivity index (χ2v) is 6.45. The molecule has 0 bridgehead atoms. The lowest BCUT2D eigenvalue weighted by molar-refractivity contribution is 0.101. The van der Waals surface area contributed by atoms with Crippen LogP contribution in [0.5, 0.6) is 0 Å². The molecule has 1 atom stereocenters. The number of nitrogens with one attached hydrogen (secondary N) is 1. The normalized spacial score (nSPS) is 12.2. The fraction of sp³-hybridized carbons (Fsp3) is 0.250. The van der Waals surface area contributed by atoms with Crippen molar-refractivity contribution in [3.63, 3.8) is 0 Å². The quantitative estimate of drug-likeness (QED) is 0.714. The minimum absolute atomic E-state index is 0.0678. The van der Waals surface area contributed by atoms with Gasteiger partial charge < -0.3 is 10.4 Å². The highest BCUT2D eigenvalue weighted by atomic mass is 16.3. The van der Waals surface area contributed by atoms with E-state index in [1.165, 1.54) is 16.6 Å². The molecule has 1 aromatic heterocycles. The second kappa shape index (κ2) is 7.93. The Balaban J connectivity index is 1.62. The Bertz CT molecular complexity index is 857. The molecule has 0 radical (unpaired) electrons. The van der Waals surface area contributed by atoms with Crippen molar-refractivity contribution < 1.29 is 9.90 Å². The SMILES string of the molecule is CC(C)c1ccc(NC(=O)c2ncn(C[C@@H](O)c3ccccc3)n2)cc1. The average molecular weight is 350 g/mol. The van der Waals surface area contributed by atoms with Gasteiger partial charge in [-0.1, -0.05) is 56.3 Å². The van der Waals surface area contributed by atoms with Gasteiger partial charge in [0.15, 0.2) is 0 Å². The van der Waals surface area contributed by atoms with Gasteiger partial charge in [0.2, 0.25) is 5.82 Å². The van der Waals surface area contributed by atoms with Gasteiger partial charge in [-0.25, -0.2) is 9.67 Å². The van der Waals surface area contributed by atoms with Gasteiger partial charge in [0, 0.05) is 5.69 Å². The average Bonchev–Trinajstić information content (AvgIpc) is 3.11. The van der Waals surface area contributed by atoms with E-state index >= 15 is 0 Å². The maximum atomic E-state index is 12.3. The van der Waals surface area contributed by atoms with E-state index in [-0.39, 0.29) is 18.3 Å². The number of rotatable bonds is 6. The number of amides is 1. The summed E-state index contributed by atoms with van der Waals surface area (Å²) in [4.78, 5) is 16.3. The molecule has 1 heterocycles. The zero-order valence-corrected chi connectivity index (χ0v) is 14.8. The van der Waals surface area contributed by atoms with Crippen LogP contribution in [0, 0.1) is 0 Å². The van der Waals surface area contributed by atoms with Crippen LogP contribution < -0.4 is 5.32 Å². The van der Waals surface area contributed by atoms with Gasteiger partial charge in [-0.3, -0.25) is 4.79 Å². The minimum atomic E-state index is -0.711. The third kappa shape index (κ3) is 4.34. The Kier molecular flexibility index (Phi) is 5.43. The van der Waals surface area contributed by atoms with E-state index in [2.05, 4.69) is 29.2 Å². The number of carbonyl (C=O) groups is 1. The number of aromatic nitrogens is 3. The first-order valence-electron chi connectivity index (χ1n) is 8.56. The van der Waals surface area contributed by atoms with Crippen LogP contribution in [0.3, 0.4) is 0 Å². The molecule has 3 aromatic rings. The van der Waals surface area contributed by atoms with Crippen molar-refractivity contribution in [1.82, 2.24) is 14.8 Å². The van der Waals surface area contributed by atoms with Gasteiger partial charge in [0.25, 0.3) is 5.91 Å². The van der Waals surface area contributed by atoms with Gasteiger partial charge in [0.1, 0.15) is 6.33 Å². The van der Waals surface area contributed by atoms with Gasteiger partial charge in [-0.2, -0.15) is 0 Å². The van der Waals surface area contributed by atoms with E-state index in [4.69, 9.17) is 0 Å². The Labute approximate surface area is 152 Å². The van der Waals surface area contributed by atoms with Crippen LogP contribution in [0.15, 0.2) is 60.9 Å². The molecule has 0 saturated carbocycles. The van der Waals surface area contributed by atoms with E-state index in [1.807, 2.05) is 54.6 Å². The summed E-state index contributed by atoms with van der Waals surface area (Å²) in [6, 6.07) is 17.0. The van der Waals surface area contributed by atoms with Crippen LogP contribution >= 0.6 is 0 Å². The van der Waals surface area contributed by atoms with E-state index in [1.54, 1.807) is 0 Å². The van der Waals surface area contributed by atoms with Crippen molar-refractivity contribution in [1.29, 1.82) is 0 Å². The Morgan fingerprint density at radius 1 is 1.08 bits per heavy atom. The molecular formula is C20H22N4O2. The number of aliphatic hydroxyl groups excluding tert-OH is 1. The third-order valence-corrected chi connectivity index (χ3v) is 4.12. The van der Waals surface area contributed by atoms with Crippen molar-refractivity contribution in [3.8, 4) is 0 Å². The summed E-state index contributed by atoms with van der Waals surface area (Å²) in [6.45, 7) is 4.47. The smallest absolute Gasteiger partial charge is 0.295 e. The Hall–Kier alpha value is -2.99. The zero-order valence-electron chi connectivity index (χ0n) is 14.8. The summed E-state index contributed by atoms with van der Waals surface area (Å²) in [5, 5.41) is 17.2. The van der Waals surface area contributed by atoms with Crippen LogP contribution in [-0.2, 0) is 6.54 Å². The predicted octanol–water partition coefficient (Wildman–Crippen LogP) is 3.39. The van der Waals surface area contributed by atoms with Gasteiger partial charge in [-0.05, 0) is 29.2 Å². The maximum Gasteiger partial charge on any atom is 0.295 e. The van der Waals surface area contributed by atoms with Crippen LogP contribution in [0.25, 0.3) is 0 Å². The molecule has 0 aliphatic rings. The molecule has 2 N–H and O–H groups in total. The molecule has 2 aromatic carbocycles. The summed E-state index contributed by atoms with van der Waals surface area (Å²) in [6.07, 6.45) is 0.737. The first kappa shape index (κ1) is 17.8. The van der Waals surface area contributed by atoms with Crippen molar-refractivity contribution in [3.05, 3.63) is 77.9 Å². The molecule has 26 heavy (non-hydrogen) atoms. The van der Waals surface area contributed by atoms with Crippen molar-refractivity contribution in [2.24, 2.45) is 0 Å². The summed E-state index contributed by atoms with van der Waals surface area (Å²) in [5.74, 6) is 0.126. The summed E-state index contributed by atoms with van der Waals surface area (Å²) in [5.41, 5.74) is 2.69. The molecule has 0 fully saturated rings. The fourth-order valence-corrected chi connectivity index (χ4v) is 2.58. The molecule has 6 heteroatoms. The first-order valence-corrected chi connectivity index (χ1v) is 8.56. The number of benzene rings is 2. The summed E-state index contributed by atoms with van der Waals surface area (Å²) < 4.78 is 1.47. The van der Waals surface area contributed by atoms with Crippen LogP contribution in [0.2, 0.25) is 0 Å². The topological polar surface area (TPSA) is 80.0 Å². The third-order valence-electron chi connectivity index (χ3n) is 4.12. The summed E-state index contributed by atoms with van der Waals surface area (Å²) in [7, 11) is 0. The van der Waals surface area contributed by atoms with Crippen molar-refractivity contribution >= 4 is 11.6 Å². The number of aliphatic hydroxyl groups is 1. The predicted molar refractivity (Wildman–Crippen MR) is 99.9 cm³/mol. The molecule has 6 nitrogen and oxygen atoms in total. The lowest BCUT2D eigenvalue weighted by atomic mass is 10.0. The second-order valence-electron chi connectivity index (χ2n) is 6.45. The van der Waals surface area contributed by atoms with Crippen molar-refractivity contribution in [2.45, 2.75) is 32.4 Å². The molecule has 0 aliphatic carbocycles. The molecule has 0 saturated heterocycles. The van der Waals surface area contributed by atoms with Gasteiger partial charge in [0.05, 0.1) is 12.6 Å². The van der Waals surface area contributed by atoms with Crippen LogP contribution in [0.1, 0.15) is 47.6 Å². The Morgan fingerprint density at radius 3 is 2.42 bits per heavy atom. The minimum Gasteiger partial charge on any atom is -0.386 e. The highest BCUT2D eigenvalue weighted by Crippen LogP contribution is 2.17. The molecule has 0 spiro atoms. The fourth-order valence-electron chi connectivity index (χ4n) is 2.58. The van der Waals surface area contributed by atoms with Crippen LogP contribution in [0.4, 0.5) is 5.69 Å². The first-order chi connectivity index (χ1) is 12.5. The molecule has 134 valence electrons. The number of anilines is 1. The highest BCUT2D eigenvalue weighted by molar-refractivity contribution is 6.01. The monoisotopic (exact) mass is 350 g/mol.